The molecule has 0 N–H and O–H groups in total. The van der Waals surface area contributed by atoms with Gasteiger partial charge < -0.3 is 23.2 Å². The molecule has 1 saturated heterocycles. The summed E-state index contributed by atoms with van der Waals surface area (Å²) in [5.74, 6) is 6.30. The standard InChI is InChI=1S/C34H65NO4Si3/c1-16-29(24-23-25-41(17-2,18-3)19-4)31(27-36-40(14,15)34(9,10)11)38-32-26-30(33(35(12)13)28(8)37-32)39-42(20-5,21-6)22-7/h1,24,28,30-33H,17-22,26-27H2,2-15H3/b29-24+/t28-,30-,31+,32-,33+/m0/s1. The highest BCUT2D eigenvalue weighted by molar-refractivity contribution is 6.87. The fourth-order valence-corrected chi connectivity index (χ4v) is 12.0. The van der Waals surface area contributed by atoms with Crippen LogP contribution < -0.4 is 0 Å². The van der Waals surface area contributed by atoms with Crippen molar-refractivity contribution in [2.45, 2.75) is 161 Å². The maximum atomic E-state index is 7.11. The molecule has 0 aliphatic carbocycles. The minimum atomic E-state index is -2.04. The Bertz CT molecular complexity index is 932. The average molecular weight is 636 g/mol. The molecule has 1 aliphatic rings. The first-order valence-corrected chi connectivity index (χ1v) is 24.6. The molecule has 0 aromatic rings. The zero-order chi connectivity index (χ0) is 32.4. The molecule has 8 heteroatoms. The summed E-state index contributed by atoms with van der Waals surface area (Å²) in [5.41, 5.74) is 4.39. The number of nitrogens with zero attached hydrogens (tertiary/aromatic N) is 1. The van der Waals surface area contributed by atoms with E-state index < -0.39 is 37.1 Å². The normalized spacial score (nSPS) is 23.3. The number of terminal acetylenes is 1. The SMILES string of the molecule is C#C/C(=C\C#C[Si](CC)(CC)CC)[C@@H](CO[Si](C)(C)C(C)(C)C)O[C@H]1C[C@H](O[Si](CC)(CC)CC)[C@H](N(C)C)[C@H](C)O1. The van der Waals surface area contributed by atoms with E-state index in [4.69, 9.17) is 24.7 Å². The predicted octanol–water partition coefficient (Wildman–Crippen LogP) is 8.46. The number of likely N-dealkylation sites (N-methyl/N-ethyl adjacent to an activating group) is 1. The Balaban J connectivity index is 3.45. The van der Waals surface area contributed by atoms with Gasteiger partial charge in [-0.25, -0.2) is 0 Å². The van der Waals surface area contributed by atoms with E-state index in [-0.39, 0.29) is 23.3 Å². The summed E-state index contributed by atoms with van der Waals surface area (Å²) in [5, 5.41) is 0.0775. The van der Waals surface area contributed by atoms with Gasteiger partial charge in [0.2, 0.25) is 0 Å². The molecule has 0 saturated carbocycles. The van der Waals surface area contributed by atoms with Gasteiger partial charge in [-0.05, 0) is 75.4 Å². The van der Waals surface area contributed by atoms with Crippen LogP contribution in [0.2, 0.25) is 54.4 Å². The second kappa shape index (κ2) is 17.1. The van der Waals surface area contributed by atoms with Crippen LogP contribution in [0.4, 0.5) is 0 Å². The van der Waals surface area contributed by atoms with Gasteiger partial charge in [-0.1, -0.05) is 74.2 Å². The van der Waals surface area contributed by atoms with Crippen molar-refractivity contribution in [1.82, 2.24) is 4.90 Å². The van der Waals surface area contributed by atoms with E-state index in [0.29, 0.717) is 13.0 Å². The van der Waals surface area contributed by atoms with Gasteiger partial charge in [0.15, 0.2) is 22.9 Å². The molecule has 0 bridgehead atoms. The lowest BCUT2D eigenvalue weighted by atomic mass is 9.98. The lowest BCUT2D eigenvalue weighted by molar-refractivity contribution is -0.242. The third-order valence-electron chi connectivity index (χ3n) is 10.4. The molecule has 0 amide bonds. The van der Waals surface area contributed by atoms with Gasteiger partial charge in [0.05, 0.1) is 24.9 Å². The molecule has 0 aromatic heterocycles. The summed E-state index contributed by atoms with van der Waals surface area (Å²) in [7, 11) is -1.24. The van der Waals surface area contributed by atoms with Crippen molar-refractivity contribution in [2.75, 3.05) is 20.7 Å². The topological polar surface area (TPSA) is 40.2 Å². The Kier molecular flexibility index (Phi) is 16.0. The van der Waals surface area contributed by atoms with Gasteiger partial charge in [-0.2, -0.15) is 0 Å². The van der Waals surface area contributed by atoms with Gasteiger partial charge in [0, 0.05) is 18.1 Å². The van der Waals surface area contributed by atoms with Crippen molar-refractivity contribution >= 4 is 24.7 Å². The number of ether oxygens (including phenoxy) is 2. The molecule has 1 aliphatic heterocycles. The van der Waals surface area contributed by atoms with Gasteiger partial charge >= 0.3 is 0 Å². The van der Waals surface area contributed by atoms with E-state index in [9.17, 15) is 0 Å². The molecule has 0 unspecified atom stereocenters. The molecule has 0 aromatic carbocycles. The Hall–Kier alpha value is -0.689. The van der Waals surface area contributed by atoms with Crippen LogP contribution in [-0.2, 0) is 18.3 Å². The van der Waals surface area contributed by atoms with Crippen molar-refractivity contribution in [3.05, 3.63) is 11.6 Å². The van der Waals surface area contributed by atoms with E-state index in [1.807, 2.05) is 6.08 Å². The summed E-state index contributed by atoms with van der Waals surface area (Å²) in [6.07, 6.45) is 7.83. The number of hydrogen-bond acceptors (Lipinski definition) is 5. The lowest BCUT2D eigenvalue weighted by Gasteiger charge is -2.47. The van der Waals surface area contributed by atoms with Gasteiger partial charge in [0.1, 0.15) is 14.2 Å². The molecule has 0 spiro atoms. The van der Waals surface area contributed by atoms with Crippen LogP contribution in [-0.4, -0.2) is 81.0 Å². The molecule has 0 radical (unpaired) electrons. The smallest absolute Gasteiger partial charge is 0.192 e. The molecule has 1 fully saturated rings. The Labute approximate surface area is 264 Å². The third-order valence-corrected chi connectivity index (χ3v) is 24.3. The van der Waals surface area contributed by atoms with Gasteiger partial charge in [-0.15, -0.1) is 12.0 Å². The average Bonchev–Trinajstić information content (AvgIpc) is 2.93. The van der Waals surface area contributed by atoms with Crippen LogP contribution in [0.15, 0.2) is 11.6 Å². The largest absolute Gasteiger partial charge is 0.414 e. The highest BCUT2D eigenvalue weighted by atomic mass is 28.4. The zero-order valence-corrected chi connectivity index (χ0v) is 32.8. The number of allylic oxidation sites excluding steroid dienone is 1. The number of hydrogen-bond donors (Lipinski definition) is 0. The Morgan fingerprint density at radius 2 is 1.55 bits per heavy atom. The first kappa shape index (κ1) is 39.3. The molecular formula is C34H65NO4Si3. The number of rotatable bonds is 15. The van der Waals surface area contributed by atoms with Crippen molar-refractivity contribution in [3.63, 3.8) is 0 Å². The summed E-state index contributed by atoms with van der Waals surface area (Å²) in [4.78, 5) is 2.25. The van der Waals surface area contributed by atoms with Crippen LogP contribution in [0.5, 0.6) is 0 Å². The fraction of sp³-hybridized carbons (Fsp3) is 0.824. The lowest BCUT2D eigenvalue weighted by Crippen LogP contribution is -2.58. The van der Waals surface area contributed by atoms with Crippen molar-refractivity contribution in [3.8, 4) is 23.8 Å². The fourth-order valence-electron chi connectivity index (χ4n) is 5.68. The van der Waals surface area contributed by atoms with Crippen molar-refractivity contribution in [2.24, 2.45) is 0 Å². The molecule has 5 atom stereocenters. The summed E-state index contributed by atoms with van der Waals surface area (Å²) < 4.78 is 27.1. The molecular weight excluding hydrogens is 571 g/mol. The second-order valence-corrected chi connectivity index (χ2v) is 28.4. The van der Waals surface area contributed by atoms with Crippen LogP contribution in [0.1, 0.15) is 75.7 Å². The quantitative estimate of drug-likeness (QED) is 0.133. The van der Waals surface area contributed by atoms with E-state index in [0.717, 1.165) is 41.8 Å². The van der Waals surface area contributed by atoms with E-state index in [1.165, 1.54) is 0 Å². The minimum Gasteiger partial charge on any atom is -0.414 e. The van der Waals surface area contributed by atoms with Crippen LogP contribution in [0, 0.1) is 23.8 Å². The maximum Gasteiger partial charge on any atom is 0.192 e. The monoisotopic (exact) mass is 635 g/mol. The Morgan fingerprint density at radius 1 is 1.00 bits per heavy atom. The molecule has 1 rings (SSSR count). The summed E-state index contributed by atoms with van der Waals surface area (Å²) in [6.45, 7) is 27.5. The van der Waals surface area contributed by atoms with Gasteiger partial charge in [-0.3, -0.25) is 0 Å². The zero-order valence-electron chi connectivity index (χ0n) is 29.8. The van der Waals surface area contributed by atoms with E-state index in [1.54, 1.807) is 0 Å². The predicted molar refractivity (Wildman–Crippen MR) is 188 cm³/mol. The van der Waals surface area contributed by atoms with Gasteiger partial charge in [0.25, 0.3) is 0 Å². The van der Waals surface area contributed by atoms with Crippen LogP contribution >= 0.6 is 0 Å². The third kappa shape index (κ3) is 10.4. The second-order valence-electron chi connectivity index (χ2n) is 13.9. The first-order chi connectivity index (χ1) is 19.5. The maximum absolute atomic E-state index is 7.11. The summed E-state index contributed by atoms with van der Waals surface area (Å²) >= 11 is 0. The van der Waals surface area contributed by atoms with Crippen LogP contribution in [0.3, 0.4) is 0 Å². The van der Waals surface area contributed by atoms with Crippen LogP contribution in [0.25, 0.3) is 0 Å². The molecule has 242 valence electrons. The highest BCUT2D eigenvalue weighted by Gasteiger charge is 2.44. The van der Waals surface area contributed by atoms with Crippen molar-refractivity contribution < 1.29 is 18.3 Å². The Morgan fingerprint density at radius 3 is 1.98 bits per heavy atom. The van der Waals surface area contributed by atoms with E-state index >= 15 is 0 Å². The molecule has 42 heavy (non-hydrogen) atoms. The summed E-state index contributed by atoms with van der Waals surface area (Å²) in [6, 6.07) is 6.96. The first-order valence-electron chi connectivity index (χ1n) is 16.5. The minimum absolute atomic E-state index is 0.0329. The molecule has 5 nitrogen and oxygen atoms in total. The van der Waals surface area contributed by atoms with E-state index in [2.05, 4.69) is 119 Å². The van der Waals surface area contributed by atoms with Crippen molar-refractivity contribution in [1.29, 1.82) is 0 Å². The molecule has 1 heterocycles. The highest BCUT2D eigenvalue weighted by Crippen LogP contribution is 2.37.